The fourth-order valence-corrected chi connectivity index (χ4v) is 2.63. The zero-order chi connectivity index (χ0) is 13.3. The molecule has 0 N–H and O–H groups in total. The second-order valence-electron chi connectivity index (χ2n) is 7.36. The van der Waals surface area contributed by atoms with Crippen LogP contribution in [0.2, 0.25) is 0 Å². The predicted molar refractivity (Wildman–Crippen MR) is 73.1 cm³/mol. The summed E-state index contributed by atoms with van der Waals surface area (Å²) in [6.07, 6.45) is 2.55. The third kappa shape index (κ3) is 4.09. The zero-order valence-corrected chi connectivity index (χ0v) is 12.5. The molecule has 0 aromatic heterocycles. The van der Waals surface area contributed by atoms with E-state index in [1.165, 1.54) is 12.8 Å². The molecule has 0 bridgehead atoms. The van der Waals surface area contributed by atoms with Gasteiger partial charge in [-0.15, -0.1) is 0 Å². The van der Waals surface area contributed by atoms with Gasteiger partial charge in [-0.25, -0.2) is 0 Å². The molecule has 0 atom stereocenters. The molecule has 2 nitrogen and oxygen atoms in total. The van der Waals surface area contributed by atoms with E-state index < -0.39 is 0 Å². The monoisotopic (exact) mass is 239 g/mol. The summed E-state index contributed by atoms with van der Waals surface area (Å²) >= 11 is 0. The highest BCUT2D eigenvalue weighted by Gasteiger charge is 2.32. The molecule has 0 unspecified atom stereocenters. The minimum atomic E-state index is -0.186. The maximum Gasteiger partial charge on any atom is 0.136 e. The number of rotatable bonds is 3. The standard InChI is InChI=1S/C15H29NO/c1-12(17)15(5,6)11-16-9-7-13(8-10-16)14(2,3)4/h13H,7-11H2,1-6H3. The van der Waals surface area contributed by atoms with Gasteiger partial charge in [-0.1, -0.05) is 34.6 Å². The topological polar surface area (TPSA) is 20.3 Å². The molecule has 0 radical (unpaired) electrons. The first-order chi connectivity index (χ1) is 7.63. The molecule has 0 aliphatic carbocycles. The number of Topliss-reactive ketones (excluding diaryl/α,β-unsaturated/α-hetero) is 1. The summed E-state index contributed by atoms with van der Waals surface area (Å²) in [5.41, 5.74) is 0.247. The van der Waals surface area contributed by atoms with Crippen molar-refractivity contribution in [2.75, 3.05) is 19.6 Å². The number of hydrogen-bond acceptors (Lipinski definition) is 2. The van der Waals surface area contributed by atoms with Crippen LogP contribution in [0.3, 0.4) is 0 Å². The maximum atomic E-state index is 11.5. The van der Waals surface area contributed by atoms with Gasteiger partial charge in [0.05, 0.1) is 0 Å². The Morgan fingerprint density at radius 1 is 1.12 bits per heavy atom. The number of ketones is 1. The molecule has 1 saturated heterocycles. The lowest BCUT2D eigenvalue weighted by Gasteiger charge is -2.40. The predicted octanol–water partition coefficient (Wildman–Crippen LogP) is 3.36. The molecular formula is C15H29NO. The number of hydrogen-bond donors (Lipinski definition) is 0. The Morgan fingerprint density at radius 2 is 1.59 bits per heavy atom. The average molecular weight is 239 g/mol. The molecule has 0 spiro atoms. The van der Waals surface area contributed by atoms with Crippen LogP contribution in [0, 0.1) is 16.7 Å². The summed E-state index contributed by atoms with van der Waals surface area (Å²) in [6, 6.07) is 0. The highest BCUT2D eigenvalue weighted by Crippen LogP contribution is 2.35. The van der Waals surface area contributed by atoms with E-state index in [9.17, 15) is 4.79 Å². The molecule has 1 rings (SSSR count). The van der Waals surface area contributed by atoms with Crippen molar-refractivity contribution in [1.82, 2.24) is 4.90 Å². The first kappa shape index (κ1) is 14.7. The van der Waals surface area contributed by atoms with Crippen molar-refractivity contribution in [2.45, 2.75) is 54.4 Å². The Balaban J connectivity index is 2.46. The third-order valence-electron chi connectivity index (χ3n) is 4.38. The molecule has 1 aliphatic heterocycles. The van der Waals surface area contributed by atoms with E-state index in [0.717, 1.165) is 25.6 Å². The largest absolute Gasteiger partial charge is 0.302 e. The lowest BCUT2D eigenvalue weighted by atomic mass is 9.75. The van der Waals surface area contributed by atoms with Gasteiger partial charge >= 0.3 is 0 Å². The highest BCUT2D eigenvalue weighted by molar-refractivity contribution is 5.81. The fraction of sp³-hybridized carbons (Fsp3) is 0.933. The van der Waals surface area contributed by atoms with Gasteiger partial charge in [-0.2, -0.15) is 0 Å². The van der Waals surface area contributed by atoms with Crippen LogP contribution in [0.4, 0.5) is 0 Å². The van der Waals surface area contributed by atoms with E-state index in [0.29, 0.717) is 11.2 Å². The molecule has 1 fully saturated rings. The fourth-order valence-electron chi connectivity index (χ4n) is 2.63. The van der Waals surface area contributed by atoms with Crippen molar-refractivity contribution < 1.29 is 4.79 Å². The molecule has 2 heteroatoms. The van der Waals surface area contributed by atoms with Crippen LogP contribution in [-0.2, 0) is 4.79 Å². The van der Waals surface area contributed by atoms with Gasteiger partial charge in [-0.3, -0.25) is 4.79 Å². The van der Waals surface area contributed by atoms with Gasteiger partial charge in [0.2, 0.25) is 0 Å². The molecule has 0 aromatic carbocycles. The smallest absolute Gasteiger partial charge is 0.136 e. The molecule has 1 heterocycles. The van der Waals surface area contributed by atoms with Gasteiger partial charge < -0.3 is 4.90 Å². The van der Waals surface area contributed by atoms with Crippen LogP contribution in [-0.4, -0.2) is 30.3 Å². The van der Waals surface area contributed by atoms with E-state index in [2.05, 4.69) is 39.5 Å². The van der Waals surface area contributed by atoms with E-state index in [1.807, 2.05) is 0 Å². The second kappa shape index (κ2) is 5.09. The second-order valence-corrected chi connectivity index (χ2v) is 7.36. The van der Waals surface area contributed by atoms with Gasteiger partial charge in [0.15, 0.2) is 0 Å². The number of likely N-dealkylation sites (tertiary alicyclic amines) is 1. The molecule has 17 heavy (non-hydrogen) atoms. The number of carbonyl (C=O) groups is 1. The molecule has 1 aliphatic rings. The minimum absolute atomic E-state index is 0.186. The summed E-state index contributed by atoms with van der Waals surface area (Å²) in [4.78, 5) is 14.0. The van der Waals surface area contributed by atoms with Crippen LogP contribution in [0.1, 0.15) is 54.4 Å². The minimum Gasteiger partial charge on any atom is -0.302 e. The Morgan fingerprint density at radius 3 is 1.94 bits per heavy atom. The normalized spacial score (nSPS) is 20.6. The molecule has 0 aromatic rings. The molecule has 0 amide bonds. The molecule has 100 valence electrons. The summed E-state index contributed by atoms with van der Waals surface area (Å²) < 4.78 is 0. The lowest BCUT2D eigenvalue weighted by molar-refractivity contribution is -0.126. The van der Waals surface area contributed by atoms with Crippen LogP contribution in [0.15, 0.2) is 0 Å². The Kier molecular flexibility index (Phi) is 4.40. The van der Waals surface area contributed by atoms with Crippen LogP contribution in [0.25, 0.3) is 0 Å². The van der Waals surface area contributed by atoms with E-state index in [1.54, 1.807) is 6.92 Å². The van der Waals surface area contributed by atoms with Crippen molar-refractivity contribution >= 4 is 5.78 Å². The summed E-state index contributed by atoms with van der Waals surface area (Å²) in [7, 11) is 0. The highest BCUT2D eigenvalue weighted by atomic mass is 16.1. The van der Waals surface area contributed by atoms with E-state index >= 15 is 0 Å². The van der Waals surface area contributed by atoms with Crippen molar-refractivity contribution in [1.29, 1.82) is 0 Å². The van der Waals surface area contributed by atoms with Crippen LogP contribution in [0.5, 0.6) is 0 Å². The number of carbonyl (C=O) groups excluding carboxylic acids is 1. The summed E-state index contributed by atoms with van der Waals surface area (Å²) in [5.74, 6) is 1.13. The Hall–Kier alpha value is -0.370. The average Bonchev–Trinajstić information content (AvgIpc) is 2.16. The number of nitrogens with zero attached hydrogens (tertiary/aromatic N) is 1. The first-order valence-electron chi connectivity index (χ1n) is 6.86. The number of piperidine rings is 1. The van der Waals surface area contributed by atoms with Crippen molar-refractivity contribution in [2.24, 2.45) is 16.7 Å². The summed E-state index contributed by atoms with van der Waals surface area (Å²) in [6.45, 7) is 16.1. The first-order valence-corrected chi connectivity index (χ1v) is 6.86. The molecule has 0 saturated carbocycles. The maximum absolute atomic E-state index is 11.5. The van der Waals surface area contributed by atoms with Crippen LogP contribution < -0.4 is 0 Å². The van der Waals surface area contributed by atoms with Crippen molar-refractivity contribution in [3.63, 3.8) is 0 Å². The zero-order valence-electron chi connectivity index (χ0n) is 12.5. The molecular weight excluding hydrogens is 210 g/mol. The summed E-state index contributed by atoms with van der Waals surface area (Å²) in [5, 5.41) is 0. The van der Waals surface area contributed by atoms with Crippen molar-refractivity contribution in [3.8, 4) is 0 Å². The van der Waals surface area contributed by atoms with Gasteiger partial charge in [-0.05, 0) is 44.2 Å². The van der Waals surface area contributed by atoms with Crippen molar-refractivity contribution in [3.05, 3.63) is 0 Å². The van der Waals surface area contributed by atoms with Gasteiger partial charge in [0, 0.05) is 12.0 Å². The van der Waals surface area contributed by atoms with Gasteiger partial charge in [0.25, 0.3) is 0 Å². The van der Waals surface area contributed by atoms with Gasteiger partial charge in [0.1, 0.15) is 5.78 Å². The lowest BCUT2D eigenvalue weighted by Crippen LogP contribution is -2.44. The SMILES string of the molecule is CC(=O)C(C)(C)CN1CCC(C(C)(C)C)CC1. The van der Waals surface area contributed by atoms with Crippen LogP contribution >= 0.6 is 0 Å². The van der Waals surface area contributed by atoms with E-state index in [-0.39, 0.29) is 5.41 Å². The quantitative estimate of drug-likeness (QED) is 0.752. The Labute approximate surface area is 107 Å². The Bertz CT molecular complexity index is 267. The van der Waals surface area contributed by atoms with E-state index in [4.69, 9.17) is 0 Å². The third-order valence-corrected chi connectivity index (χ3v) is 4.38.